The number of carbonyl (C=O) groups excluding carboxylic acids is 2. The van der Waals surface area contributed by atoms with Gasteiger partial charge in [0.15, 0.2) is 0 Å². The summed E-state index contributed by atoms with van der Waals surface area (Å²) in [5.41, 5.74) is -0.177. The second-order valence-corrected chi connectivity index (χ2v) is 10.6. The Morgan fingerprint density at radius 2 is 1.57 bits per heavy atom. The van der Waals surface area contributed by atoms with Gasteiger partial charge in [0.1, 0.15) is 11.4 Å². The molecule has 0 aromatic heterocycles. The zero-order valence-electron chi connectivity index (χ0n) is 19.7. The molecule has 0 spiro atoms. The number of amides is 2. The third-order valence-electron chi connectivity index (χ3n) is 4.74. The minimum absolute atomic E-state index is 0.0180. The first-order valence-corrected chi connectivity index (χ1v) is 12.1. The second-order valence-electron chi connectivity index (χ2n) is 8.61. The summed E-state index contributed by atoms with van der Waals surface area (Å²) in [6, 6.07) is 17.4. The van der Waals surface area contributed by atoms with Crippen LogP contribution in [0.3, 0.4) is 0 Å². The van der Waals surface area contributed by atoms with E-state index >= 15 is 0 Å². The highest BCUT2D eigenvalue weighted by Crippen LogP contribution is 2.26. The summed E-state index contributed by atoms with van der Waals surface area (Å²) < 4.78 is 46.4. The summed E-state index contributed by atoms with van der Waals surface area (Å²) in [6.45, 7) is 5.07. The van der Waals surface area contributed by atoms with E-state index in [0.29, 0.717) is 5.69 Å². The van der Waals surface area contributed by atoms with Gasteiger partial charge in [0.05, 0.1) is 22.0 Å². The monoisotopic (exact) mass is 499 g/mol. The summed E-state index contributed by atoms with van der Waals surface area (Å²) in [6.07, 6.45) is -0.781. The SMILES string of the molecule is CN(c1ccccc1)S(=O)(=O)c1cccc(C(=O)Nc2cc(F)ccc2NC(=O)OC(C)(C)C)c1. The topological polar surface area (TPSA) is 105 Å². The zero-order valence-corrected chi connectivity index (χ0v) is 20.5. The van der Waals surface area contributed by atoms with Crippen LogP contribution in [-0.2, 0) is 14.8 Å². The Morgan fingerprint density at radius 1 is 0.886 bits per heavy atom. The van der Waals surface area contributed by atoms with E-state index in [2.05, 4.69) is 10.6 Å². The van der Waals surface area contributed by atoms with Crippen molar-refractivity contribution in [3.8, 4) is 0 Å². The van der Waals surface area contributed by atoms with Gasteiger partial charge in [-0.1, -0.05) is 24.3 Å². The number of ether oxygens (including phenoxy) is 1. The van der Waals surface area contributed by atoms with Crippen LogP contribution in [0.1, 0.15) is 31.1 Å². The molecule has 0 aliphatic heterocycles. The molecule has 0 bridgehead atoms. The minimum atomic E-state index is -3.95. The molecule has 35 heavy (non-hydrogen) atoms. The Morgan fingerprint density at radius 3 is 2.23 bits per heavy atom. The highest BCUT2D eigenvalue weighted by Gasteiger charge is 2.23. The molecule has 184 valence electrons. The van der Waals surface area contributed by atoms with Crippen LogP contribution in [-0.4, -0.2) is 33.1 Å². The number of hydrogen-bond donors (Lipinski definition) is 2. The molecule has 3 aromatic rings. The van der Waals surface area contributed by atoms with Crippen molar-refractivity contribution < 1.29 is 27.1 Å². The van der Waals surface area contributed by atoms with Crippen LogP contribution < -0.4 is 14.9 Å². The van der Waals surface area contributed by atoms with Crippen LogP contribution in [0.4, 0.5) is 26.2 Å². The zero-order chi connectivity index (χ0) is 25.8. The van der Waals surface area contributed by atoms with Crippen LogP contribution in [0.15, 0.2) is 77.7 Å². The van der Waals surface area contributed by atoms with Crippen molar-refractivity contribution in [1.82, 2.24) is 0 Å². The number of para-hydroxylation sites is 1. The number of benzene rings is 3. The number of carbonyl (C=O) groups is 2. The molecule has 0 fully saturated rings. The Kier molecular flexibility index (Phi) is 7.45. The van der Waals surface area contributed by atoms with Gasteiger partial charge >= 0.3 is 6.09 Å². The minimum Gasteiger partial charge on any atom is -0.444 e. The molecular formula is C25H26FN3O5S. The number of sulfonamides is 1. The summed E-state index contributed by atoms with van der Waals surface area (Å²) in [5.74, 6) is -1.34. The number of rotatable bonds is 6. The van der Waals surface area contributed by atoms with E-state index in [-0.39, 0.29) is 21.8 Å². The standard InChI is InChI=1S/C25H26FN3O5S/c1-25(2,3)34-24(31)28-21-14-13-18(26)16-22(21)27-23(30)17-9-8-12-20(15-17)35(32,33)29(4)19-10-6-5-7-11-19/h5-16H,1-4H3,(H,27,30)(H,28,31). The predicted octanol–water partition coefficient (Wildman–Crippen LogP) is 5.25. The van der Waals surface area contributed by atoms with Crippen LogP contribution >= 0.6 is 0 Å². The molecule has 2 amide bonds. The average Bonchev–Trinajstić information content (AvgIpc) is 2.79. The Hall–Kier alpha value is -3.92. The first-order chi connectivity index (χ1) is 16.4. The molecule has 8 nitrogen and oxygen atoms in total. The van der Waals surface area contributed by atoms with E-state index in [1.165, 1.54) is 37.4 Å². The summed E-state index contributed by atoms with van der Waals surface area (Å²) in [4.78, 5) is 25.0. The van der Waals surface area contributed by atoms with Gasteiger partial charge in [-0.05, 0) is 69.3 Å². The first kappa shape index (κ1) is 25.7. The lowest BCUT2D eigenvalue weighted by atomic mass is 10.2. The fourth-order valence-electron chi connectivity index (χ4n) is 3.07. The molecule has 10 heteroatoms. The number of nitrogens with zero attached hydrogens (tertiary/aromatic N) is 1. The van der Waals surface area contributed by atoms with Crippen molar-refractivity contribution in [2.75, 3.05) is 22.0 Å². The first-order valence-electron chi connectivity index (χ1n) is 10.6. The molecule has 0 unspecified atom stereocenters. The second kappa shape index (κ2) is 10.1. The van der Waals surface area contributed by atoms with Crippen molar-refractivity contribution in [1.29, 1.82) is 0 Å². The van der Waals surface area contributed by atoms with Crippen LogP contribution in [0.2, 0.25) is 0 Å². The highest BCUT2D eigenvalue weighted by molar-refractivity contribution is 7.92. The quantitative estimate of drug-likeness (QED) is 0.482. The van der Waals surface area contributed by atoms with Crippen molar-refractivity contribution in [3.63, 3.8) is 0 Å². The molecule has 0 saturated carbocycles. The Bertz CT molecular complexity index is 1340. The van der Waals surface area contributed by atoms with E-state index in [1.807, 2.05) is 0 Å². The van der Waals surface area contributed by atoms with Gasteiger partial charge in [-0.3, -0.25) is 14.4 Å². The molecule has 0 atom stereocenters. The molecule has 0 radical (unpaired) electrons. The lowest BCUT2D eigenvalue weighted by molar-refractivity contribution is 0.0635. The molecule has 3 aromatic carbocycles. The lowest BCUT2D eigenvalue weighted by Gasteiger charge is -2.21. The van der Waals surface area contributed by atoms with Gasteiger partial charge in [0.25, 0.3) is 15.9 Å². The third-order valence-corrected chi connectivity index (χ3v) is 6.52. The molecule has 0 aliphatic carbocycles. The van der Waals surface area contributed by atoms with E-state index in [9.17, 15) is 22.4 Å². The largest absolute Gasteiger partial charge is 0.444 e. The van der Waals surface area contributed by atoms with Crippen LogP contribution in [0.25, 0.3) is 0 Å². The van der Waals surface area contributed by atoms with Crippen LogP contribution in [0, 0.1) is 5.82 Å². The van der Waals surface area contributed by atoms with E-state index in [0.717, 1.165) is 16.4 Å². The maximum atomic E-state index is 13.9. The molecule has 2 N–H and O–H groups in total. The predicted molar refractivity (Wildman–Crippen MR) is 133 cm³/mol. The van der Waals surface area contributed by atoms with Gasteiger partial charge in [0.2, 0.25) is 0 Å². The number of anilines is 3. The molecular weight excluding hydrogens is 473 g/mol. The summed E-state index contributed by atoms with van der Waals surface area (Å²) in [7, 11) is -2.53. The smallest absolute Gasteiger partial charge is 0.412 e. The lowest BCUT2D eigenvalue weighted by Crippen LogP contribution is -2.28. The van der Waals surface area contributed by atoms with Crippen LogP contribution in [0.5, 0.6) is 0 Å². The third kappa shape index (κ3) is 6.57. The Labute approximate surface area is 203 Å². The average molecular weight is 500 g/mol. The van der Waals surface area contributed by atoms with E-state index in [4.69, 9.17) is 4.74 Å². The summed E-state index contributed by atoms with van der Waals surface area (Å²) >= 11 is 0. The molecule has 3 rings (SSSR count). The fraction of sp³-hybridized carbons (Fsp3) is 0.200. The van der Waals surface area contributed by atoms with Gasteiger partial charge < -0.3 is 10.1 Å². The van der Waals surface area contributed by atoms with Crippen molar-refractivity contribution in [2.45, 2.75) is 31.3 Å². The van der Waals surface area contributed by atoms with Gasteiger partial charge in [-0.15, -0.1) is 0 Å². The van der Waals surface area contributed by atoms with Crippen molar-refractivity contribution >= 4 is 39.1 Å². The van der Waals surface area contributed by atoms with Gasteiger partial charge in [-0.2, -0.15) is 0 Å². The maximum Gasteiger partial charge on any atom is 0.412 e. The molecule has 0 saturated heterocycles. The van der Waals surface area contributed by atoms with Gasteiger partial charge in [0, 0.05) is 12.6 Å². The maximum absolute atomic E-state index is 13.9. The highest BCUT2D eigenvalue weighted by atomic mass is 32.2. The van der Waals surface area contributed by atoms with Crippen molar-refractivity contribution in [3.05, 3.63) is 84.2 Å². The fourth-order valence-corrected chi connectivity index (χ4v) is 4.31. The van der Waals surface area contributed by atoms with Crippen molar-refractivity contribution in [2.24, 2.45) is 0 Å². The molecule has 0 heterocycles. The van der Waals surface area contributed by atoms with Gasteiger partial charge in [-0.25, -0.2) is 17.6 Å². The van der Waals surface area contributed by atoms with E-state index in [1.54, 1.807) is 51.1 Å². The number of nitrogens with one attached hydrogen (secondary N) is 2. The Balaban J connectivity index is 1.85. The summed E-state index contributed by atoms with van der Waals surface area (Å²) in [5, 5.41) is 4.99. The normalized spacial score (nSPS) is 11.5. The van der Waals surface area contributed by atoms with E-state index < -0.39 is 33.4 Å². The number of halogens is 1. The molecule has 0 aliphatic rings. The number of hydrogen-bond acceptors (Lipinski definition) is 5.